The standard InChI is InChI=1S/C16H17NO4S/c1-2-11-3-5-12(6-4-11)10-22-8-7-15(19)21-13-9-14(18)17-16(13)20/h2-6,13H,1,7-10H2,(H,17,18,20). The number of hydrogen-bond donors (Lipinski definition) is 1. The van der Waals surface area contributed by atoms with Gasteiger partial charge in [0, 0.05) is 11.5 Å². The lowest BCUT2D eigenvalue weighted by atomic mass is 10.1. The molecule has 0 bridgehead atoms. The number of hydrogen-bond acceptors (Lipinski definition) is 5. The minimum Gasteiger partial charge on any atom is -0.452 e. The molecule has 1 aromatic rings. The maximum atomic E-state index is 11.6. The van der Waals surface area contributed by atoms with Gasteiger partial charge in [-0.15, -0.1) is 0 Å². The van der Waals surface area contributed by atoms with Gasteiger partial charge in [0.25, 0.3) is 5.91 Å². The van der Waals surface area contributed by atoms with Crippen LogP contribution in [0.15, 0.2) is 30.8 Å². The van der Waals surface area contributed by atoms with Crippen LogP contribution in [-0.4, -0.2) is 29.6 Å². The molecule has 1 atom stereocenters. The summed E-state index contributed by atoms with van der Waals surface area (Å²) in [6, 6.07) is 8.04. The van der Waals surface area contributed by atoms with Crippen LogP contribution in [0.3, 0.4) is 0 Å². The van der Waals surface area contributed by atoms with Crippen molar-refractivity contribution >= 4 is 35.6 Å². The number of thioether (sulfide) groups is 1. The molecule has 0 spiro atoms. The van der Waals surface area contributed by atoms with Gasteiger partial charge < -0.3 is 4.74 Å². The third-order valence-corrected chi connectivity index (χ3v) is 4.16. The van der Waals surface area contributed by atoms with Crippen molar-refractivity contribution in [2.45, 2.75) is 24.7 Å². The van der Waals surface area contributed by atoms with E-state index in [9.17, 15) is 14.4 Å². The summed E-state index contributed by atoms with van der Waals surface area (Å²) in [6.07, 6.45) is 0.967. The third kappa shape index (κ3) is 4.73. The highest BCUT2D eigenvalue weighted by Gasteiger charge is 2.33. The molecule has 1 saturated heterocycles. The average Bonchev–Trinajstić information content (AvgIpc) is 2.82. The lowest BCUT2D eigenvalue weighted by Crippen LogP contribution is -2.28. The Morgan fingerprint density at radius 2 is 2.09 bits per heavy atom. The van der Waals surface area contributed by atoms with Crippen LogP contribution in [0.1, 0.15) is 24.0 Å². The summed E-state index contributed by atoms with van der Waals surface area (Å²) in [5.41, 5.74) is 2.24. The van der Waals surface area contributed by atoms with Crippen molar-refractivity contribution in [2.75, 3.05) is 5.75 Å². The van der Waals surface area contributed by atoms with E-state index in [1.807, 2.05) is 24.3 Å². The Morgan fingerprint density at radius 3 is 2.68 bits per heavy atom. The number of rotatable bonds is 7. The van der Waals surface area contributed by atoms with E-state index < -0.39 is 23.9 Å². The number of imide groups is 1. The van der Waals surface area contributed by atoms with E-state index in [1.165, 1.54) is 5.56 Å². The molecule has 1 heterocycles. The van der Waals surface area contributed by atoms with Gasteiger partial charge in [-0.3, -0.25) is 19.7 Å². The zero-order valence-corrected chi connectivity index (χ0v) is 12.9. The normalized spacial score (nSPS) is 17.2. The molecule has 1 aromatic carbocycles. The highest BCUT2D eigenvalue weighted by atomic mass is 32.2. The van der Waals surface area contributed by atoms with Gasteiger partial charge in [-0.2, -0.15) is 11.8 Å². The van der Waals surface area contributed by atoms with Crippen molar-refractivity contribution in [3.8, 4) is 0 Å². The lowest BCUT2D eigenvalue weighted by Gasteiger charge is -2.08. The van der Waals surface area contributed by atoms with Gasteiger partial charge in [0.1, 0.15) is 0 Å². The first kappa shape index (κ1) is 16.3. The summed E-state index contributed by atoms with van der Waals surface area (Å²) in [5, 5.41) is 2.10. The van der Waals surface area contributed by atoms with E-state index in [0.717, 1.165) is 11.3 Å². The fourth-order valence-electron chi connectivity index (χ4n) is 1.94. The van der Waals surface area contributed by atoms with Crippen molar-refractivity contribution in [2.24, 2.45) is 0 Å². The fraction of sp³-hybridized carbons (Fsp3) is 0.312. The van der Waals surface area contributed by atoms with Crippen molar-refractivity contribution < 1.29 is 19.1 Å². The first-order valence-electron chi connectivity index (χ1n) is 6.91. The maximum absolute atomic E-state index is 11.6. The van der Waals surface area contributed by atoms with Crippen molar-refractivity contribution in [3.05, 3.63) is 42.0 Å². The van der Waals surface area contributed by atoms with Crippen molar-refractivity contribution in [1.82, 2.24) is 5.32 Å². The molecule has 1 aliphatic rings. The first-order chi connectivity index (χ1) is 10.6. The van der Waals surface area contributed by atoms with Gasteiger partial charge in [0.05, 0.1) is 12.8 Å². The Morgan fingerprint density at radius 1 is 1.36 bits per heavy atom. The smallest absolute Gasteiger partial charge is 0.307 e. The van der Waals surface area contributed by atoms with Gasteiger partial charge in [-0.05, 0) is 11.1 Å². The number of esters is 1. The van der Waals surface area contributed by atoms with Gasteiger partial charge in [0.15, 0.2) is 6.10 Å². The van der Waals surface area contributed by atoms with Crippen LogP contribution >= 0.6 is 11.8 Å². The summed E-state index contributed by atoms with van der Waals surface area (Å²) < 4.78 is 4.98. The maximum Gasteiger partial charge on any atom is 0.307 e. The minimum absolute atomic E-state index is 0.0760. The molecule has 1 N–H and O–H groups in total. The Hall–Kier alpha value is -2.08. The highest BCUT2D eigenvalue weighted by molar-refractivity contribution is 7.98. The van der Waals surface area contributed by atoms with Gasteiger partial charge in [-0.1, -0.05) is 36.9 Å². The van der Waals surface area contributed by atoms with E-state index in [2.05, 4.69) is 11.9 Å². The molecule has 6 heteroatoms. The van der Waals surface area contributed by atoms with Gasteiger partial charge >= 0.3 is 5.97 Å². The second kappa shape index (κ2) is 7.79. The first-order valence-corrected chi connectivity index (χ1v) is 8.06. The zero-order valence-electron chi connectivity index (χ0n) is 12.0. The summed E-state index contributed by atoms with van der Waals surface area (Å²) in [7, 11) is 0. The molecule has 116 valence electrons. The van der Waals surface area contributed by atoms with Crippen LogP contribution < -0.4 is 5.32 Å². The Balaban J connectivity index is 1.65. The molecule has 1 aliphatic heterocycles. The van der Waals surface area contributed by atoms with Crippen LogP contribution in [0.2, 0.25) is 0 Å². The zero-order chi connectivity index (χ0) is 15.9. The molecule has 0 radical (unpaired) electrons. The number of benzene rings is 1. The molecule has 0 aliphatic carbocycles. The van der Waals surface area contributed by atoms with Crippen LogP contribution in [0.25, 0.3) is 6.08 Å². The molecular weight excluding hydrogens is 302 g/mol. The Bertz CT molecular complexity index is 582. The van der Waals surface area contributed by atoms with E-state index in [0.29, 0.717) is 5.75 Å². The molecule has 22 heavy (non-hydrogen) atoms. The van der Waals surface area contributed by atoms with E-state index >= 15 is 0 Å². The quantitative estimate of drug-likeness (QED) is 0.472. The minimum atomic E-state index is -0.962. The molecule has 5 nitrogen and oxygen atoms in total. The lowest BCUT2D eigenvalue weighted by molar-refractivity contribution is -0.153. The monoisotopic (exact) mass is 319 g/mol. The Labute approximate surface area is 133 Å². The third-order valence-electron chi connectivity index (χ3n) is 3.13. The van der Waals surface area contributed by atoms with Crippen molar-refractivity contribution in [3.63, 3.8) is 0 Å². The highest BCUT2D eigenvalue weighted by Crippen LogP contribution is 2.15. The SMILES string of the molecule is C=Cc1ccc(CSCCC(=O)OC2CC(=O)NC2=O)cc1. The van der Waals surface area contributed by atoms with Crippen LogP contribution in [0, 0.1) is 0 Å². The molecule has 1 unspecified atom stereocenters. The molecule has 2 rings (SSSR count). The largest absolute Gasteiger partial charge is 0.452 e. The van der Waals surface area contributed by atoms with Crippen LogP contribution in [-0.2, 0) is 24.9 Å². The molecular formula is C16H17NO4S. The second-order valence-electron chi connectivity index (χ2n) is 4.84. The number of amides is 2. The van der Waals surface area contributed by atoms with Gasteiger partial charge in [0.2, 0.25) is 5.91 Å². The van der Waals surface area contributed by atoms with E-state index in [4.69, 9.17) is 4.74 Å². The number of ether oxygens (including phenoxy) is 1. The van der Waals surface area contributed by atoms with E-state index in [1.54, 1.807) is 17.8 Å². The molecule has 1 fully saturated rings. The van der Waals surface area contributed by atoms with E-state index in [-0.39, 0.29) is 12.8 Å². The topological polar surface area (TPSA) is 72.5 Å². The fourth-order valence-corrected chi connectivity index (χ4v) is 2.82. The molecule has 2 amide bonds. The molecule has 0 aromatic heterocycles. The van der Waals surface area contributed by atoms with Crippen LogP contribution in [0.4, 0.5) is 0 Å². The van der Waals surface area contributed by atoms with Crippen molar-refractivity contribution in [1.29, 1.82) is 0 Å². The summed E-state index contributed by atoms with van der Waals surface area (Å²) in [5.74, 6) is 0.00932. The average molecular weight is 319 g/mol. The second-order valence-corrected chi connectivity index (χ2v) is 5.95. The summed E-state index contributed by atoms with van der Waals surface area (Å²) >= 11 is 1.61. The van der Waals surface area contributed by atoms with Crippen LogP contribution in [0.5, 0.6) is 0 Å². The summed E-state index contributed by atoms with van der Waals surface area (Å²) in [6.45, 7) is 3.70. The Kier molecular flexibility index (Phi) is 5.77. The number of carbonyl (C=O) groups is 3. The molecule has 0 saturated carbocycles. The number of carbonyl (C=O) groups excluding carboxylic acids is 3. The van der Waals surface area contributed by atoms with Gasteiger partial charge in [-0.25, -0.2) is 0 Å². The number of nitrogens with one attached hydrogen (secondary N) is 1. The predicted molar refractivity (Wildman–Crippen MR) is 85.0 cm³/mol. The summed E-state index contributed by atoms with van der Waals surface area (Å²) in [4.78, 5) is 33.8. The predicted octanol–water partition coefficient (Wildman–Crippen LogP) is 1.91.